The van der Waals surface area contributed by atoms with Gasteiger partial charge in [0.05, 0.1) is 25.9 Å². The second-order valence-corrected chi connectivity index (χ2v) is 4.47. The Kier molecular flexibility index (Phi) is 7.97. The molecule has 1 saturated heterocycles. The molecule has 0 amide bonds. The Morgan fingerprint density at radius 3 is 3.16 bits per heavy atom. The summed E-state index contributed by atoms with van der Waals surface area (Å²) in [5, 5.41) is 3.54. The second-order valence-electron chi connectivity index (χ2n) is 4.47. The SMILES string of the molecule is CCOC(=O)CCCCN1CCOC(CN=[N+]=[N-])C1. The summed E-state index contributed by atoms with van der Waals surface area (Å²) in [6.45, 7) is 5.94. The first-order chi connectivity index (χ1) is 9.26. The maximum atomic E-state index is 11.2. The molecule has 1 heterocycles. The zero-order valence-electron chi connectivity index (χ0n) is 11.5. The molecule has 0 aromatic heterocycles. The number of ether oxygens (including phenoxy) is 2. The van der Waals surface area contributed by atoms with Crippen LogP contribution in [0.3, 0.4) is 0 Å². The van der Waals surface area contributed by atoms with Gasteiger partial charge in [0.15, 0.2) is 0 Å². The minimum Gasteiger partial charge on any atom is -0.466 e. The van der Waals surface area contributed by atoms with Crippen LogP contribution < -0.4 is 0 Å². The fourth-order valence-corrected chi connectivity index (χ4v) is 2.06. The first kappa shape index (κ1) is 15.8. The molecule has 1 aliphatic heterocycles. The van der Waals surface area contributed by atoms with E-state index in [1.165, 1.54) is 0 Å². The molecule has 1 aliphatic rings. The summed E-state index contributed by atoms with van der Waals surface area (Å²) in [6, 6.07) is 0. The fourth-order valence-electron chi connectivity index (χ4n) is 2.06. The maximum absolute atomic E-state index is 11.2. The van der Waals surface area contributed by atoms with Crippen molar-refractivity contribution >= 4 is 5.97 Å². The third-order valence-corrected chi connectivity index (χ3v) is 2.98. The Bertz CT molecular complexity index is 318. The van der Waals surface area contributed by atoms with Crippen molar-refractivity contribution in [2.45, 2.75) is 32.3 Å². The van der Waals surface area contributed by atoms with Crippen LogP contribution in [0.1, 0.15) is 26.2 Å². The molecule has 0 N–H and O–H groups in total. The molecule has 7 heteroatoms. The molecule has 1 unspecified atom stereocenters. The molecular formula is C12H22N4O3. The molecule has 0 aromatic rings. The number of esters is 1. The zero-order chi connectivity index (χ0) is 13.9. The number of rotatable bonds is 8. The summed E-state index contributed by atoms with van der Waals surface area (Å²) in [5.41, 5.74) is 8.28. The van der Waals surface area contributed by atoms with E-state index in [9.17, 15) is 4.79 Å². The number of carbonyl (C=O) groups excluding carboxylic acids is 1. The average molecular weight is 270 g/mol. The van der Waals surface area contributed by atoms with E-state index in [0.717, 1.165) is 32.5 Å². The van der Waals surface area contributed by atoms with Gasteiger partial charge >= 0.3 is 5.97 Å². The molecule has 1 fully saturated rings. The van der Waals surface area contributed by atoms with Crippen molar-refractivity contribution in [3.05, 3.63) is 10.4 Å². The third-order valence-electron chi connectivity index (χ3n) is 2.98. The Morgan fingerprint density at radius 1 is 1.58 bits per heavy atom. The highest BCUT2D eigenvalue weighted by Crippen LogP contribution is 2.08. The molecule has 0 saturated carbocycles. The monoisotopic (exact) mass is 270 g/mol. The van der Waals surface area contributed by atoms with Gasteiger partial charge in [-0.15, -0.1) is 0 Å². The molecular weight excluding hydrogens is 248 g/mol. The van der Waals surface area contributed by atoms with Crippen LogP contribution in [0.5, 0.6) is 0 Å². The number of morpholine rings is 1. The van der Waals surface area contributed by atoms with Crippen molar-refractivity contribution in [1.82, 2.24) is 4.90 Å². The maximum Gasteiger partial charge on any atom is 0.305 e. The van der Waals surface area contributed by atoms with Gasteiger partial charge < -0.3 is 9.47 Å². The van der Waals surface area contributed by atoms with Crippen LogP contribution in [0.4, 0.5) is 0 Å². The van der Waals surface area contributed by atoms with Crippen LogP contribution in [-0.2, 0) is 14.3 Å². The lowest BCUT2D eigenvalue weighted by atomic mass is 10.2. The van der Waals surface area contributed by atoms with E-state index in [4.69, 9.17) is 15.0 Å². The molecule has 0 aromatic carbocycles. The molecule has 1 rings (SSSR count). The predicted molar refractivity (Wildman–Crippen MR) is 70.7 cm³/mol. The van der Waals surface area contributed by atoms with Crippen LogP contribution in [-0.4, -0.2) is 56.4 Å². The van der Waals surface area contributed by atoms with Crippen molar-refractivity contribution in [2.24, 2.45) is 5.11 Å². The minimum absolute atomic E-state index is 0.00490. The minimum atomic E-state index is -0.120. The highest BCUT2D eigenvalue weighted by atomic mass is 16.5. The third kappa shape index (κ3) is 7.00. The van der Waals surface area contributed by atoms with Crippen molar-refractivity contribution in [2.75, 3.05) is 39.4 Å². The van der Waals surface area contributed by atoms with Gasteiger partial charge in [0.2, 0.25) is 0 Å². The Labute approximate surface area is 113 Å². The van der Waals surface area contributed by atoms with Gasteiger partial charge in [-0.1, -0.05) is 5.11 Å². The number of hydrogen-bond donors (Lipinski definition) is 0. The summed E-state index contributed by atoms with van der Waals surface area (Å²) in [4.78, 5) is 16.2. The molecule has 7 nitrogen and oxygen atoms in total. The van der Waals surface area contributed by atoms with Gasteiger partial charge in [-0.05, 0) is 31.8 Å². The average Bonchev–Trinajstić information content (AvgIpc) is 2.42. The number of hydrogen-bond acceptors (Lipinski definition) is 5. The highest BCUT2D eigenvalue weighted by molar-refractivity contribution is 5.69. The van der Waals surface area contributed by atoms with Crippen LogP contribution in [0.25, 0.3) is 10.4 Å². The van der Waals surface area contributed by atoms with Gasteiger partial charge in [0.25, 0.3) is 0 Å². The summed E-state index contributed by atoms with van der Waals surface area (Å²) < 4.78 is 10.4. The van der Waals surface area contributed by atoms with Gasteiger partial charge in [-0.25, -0.2) is 0 Å². The summed E-state index contributed by atoms with van der Waals surface area (Å²) in [5.74, 6) is -0.120. The van der Waals surface area contributed by atoms with Gasteiger partial charge in [0.1, 0.15) is 0 Å². The van der Waals surface area contributed by atoms with Crippen LogP contribution in [0.15, 0.2) is 5.11 Å². The van der Waals surface area contributed by atoms with Crippen LogP contribution in [0, 0.1) is 0 Å². The summed E-state index contributed by atoms with van der Waals surface area (Å²) in [6.07, 6.45) is 2.29. The standard InChI is InChI=1S/C12H22N4O3/c1-2-18-12(17)5-3-4-6-16-7-8-19-11(10-16)9-14-15-13/h11H,2-10H2,1H3. The number of azide groups is 1. The quantitative estimate of drug-likeness (QED) is 0.221. The number of nitrogens with zero attached hydrogens (tertiary/aromatic N) is 4. The summed E-state index contributed by atoms with van der Waals surface area (Å²) >= 11 is 0. The number of carbonyl (C=O) groups is 1. The molecule has 1 atom stereocenters. The van der Waals surface area contributed by atoms with Crippen molar-refractivity contribution < 1.29 is 14.3 Å². The van der Waals surface area contributed by atoms with E-state index in [1.807, 2.05) is 6.92 Å². The number of unbranched alkanes of at least 4 members (excludes halogenated alkanes) is 1. The molecule has 0 aliphatic carbocycles. The lowest BCUT2D eigenvalue weighted by molar-refractivity contribution is -0.143. The topological polar surface area (TPSA) is 87.5 Å². The van der Waals surface area contributed by atoms with Crippen LogP contribution >= 0.6 is 0 Å². The highest BCUT2D eigenvalue weighted by Gasteiger charge is 2.19. The van der Waals surface area contributed by atoms with E-state index < -0.39 is 0 Å². The van der Waals surface area contributed by atoms with E-state index >= 15 is 0 Å². The normalized spacial score (nSPS) is 19.7. The lowest BCUT2D eigenvalue weighted by Gasteiger charge is -2.32. The molecule has 0 radical (unpaired) electrons. The van der Waals surface area contributed by atoms with Crippen LogP contribution in [0.2, 0.25) is 0 Å². The van der Waals surface area contributed by atoms with Gasteiger partial charge in [0, 0.05) is 24.4 Å². The van der Waals surface area contributed by atoms with Gasteiger partial charge in [-0.2, -0.15) is 0 Å². The first-order valence-electron chi connectivity index (χ1n) is 6.76. The van der Waals surface area contributed by atoms with Crippen molar-refractivity contribution in [3.63, 3.8) is 0 Å². The second kappa shape index (κ2) is 9.61. The fraction of sp³-hybridized carbons (Fsp3) is 0.917. The molecule has 0 spiro atoms. The van der Waals surface area contributed by atoms with E-state index in [2.05, 4.69) is 14.9 Å². The van der Waals surface area contributed by atoms with Gasteiger partial charge in [-0.3, -0.25) is 9.69 Å². The van der Waals surface area contributed by atoms with Crippen molar-refractivity contribution in [1.29, 1.82) is 0 Å². The molecule has 19 heavy (non-hydrogen) atoms. The zero-order valence-corrected chi connectivity index (χ0v) is 11.5. The van der Waals surface area contributed by atoms with E-state index in [0.29, 0.717) is 26.2 Å². The summed E-state index contributed by atoms with van der Waals surface area (Å²) in [7, 11) is 0. The van der Waals surface area contributed by atoms with E-state index in [-0.39, 0.29) is 12.1 Å². The first-order valence-corrected chi connectivity index (χ1v) is 6.76. The smallest absolute Gasteiger partial charge is 0.305 e. The van der Waals surface area contributed by atoms with E-state index in [1.54, 1.807) is 0 Å². The molecule has 0 bridgehead atoms. The molecule has 108 valence electrons. The predicted octanol–water partition coefficient (Wildman–Crippen LogP) is 1.73. The largest absolute Gasteiger partial charge is 0.466 e. The Hall–Kier alpha value is -1.30. The Balaban J connectivity index is 2.11. The Morgan fingerprint density at radius 2 is 2.42 bits per heavy atom. The lowest BCUT2D eigenvalue weighted by Crippen LogP contribution is -2.44. The van der Waals surface area contributed by atoms with Crippen molar-refractivity contribution in [3.8, 4) is 0 Å².